The number of aliphatic hydroxyl groups is 1. The van der Waals surface area contributed by atoms with Gasteiger partial charge < -0.3 is 9.84 Å². The zero-order valence-corrected chi connectivity index (χ0v) is 9.76. The number of nitrogens with zero attached hydrogens (tertiary/aromatic N) is 2. The Labute approximate surface area is 96.0 Å². The lowest BCUT2D eigenvalue weighted by Gasteiger charge is -2.28. The van der Waals surface area contributed by atoms with Crippen LogP contribution in [0.5, 0.6) is 0 Å². The number of carbonyl (C=O) groups is 1. The van der Waals surface area contributed by atoms with E-state index in [9.17, 15) is 4.79 Å². The Bertz CT molecular complexity index is 260. The van der Waals surface area contributed by atoms with Crippen molar-refractivity contribution in [3.63, 3.8) is 0 Å². The van der Waals surface area contributed by atoms with Crippen molar-refractivity contribution in [2.75, 3.05) is 32.8 Å². The maximum absolute atomic E-state index is 11.5. The highest BCUT2D eigenvalue weighted by Gasteiger charge is 2.36. The van der Waals surface area contributed by atoms with Gasteiger partial charge in [-0.05, 0) is 25.9 Å². The number of carbonyl (C=O) groups excluding carboxylic acids is 1. The minimum atomic E-state index is -0.276. The highest BCUT2D eigenvalue weighted by atomic mass is 16.6. The largest absolute Gasteiger partial charge is 0.447 e. The fraction of sp³-hybridized carbons (Fsp3) is 0.909. The molecule has 0 bridgehead atoms. The Morgan fingerprint density at radius 3 is 3.00 bits per heavy atom. The van der Waals surface area contributed by atoms with Crippen molar-refractivity contribution >= 4 is 6.09 Å². The topological polar surface area (TPSA) is 53.0 Å². The lowest BCUT2D eigenvalue weighted by atomic mass is 10.2. The summed E-state index contributed by atoms with van der Waals surface area (Å²) in [4.78, 5) is 15.6. The van der Waals surface area contributed by atoms with Gasteiger partial charge in [0.1, 0.15) is 6.61 Å². The van der Waals surface area contributed by atoms with E-state index in [1.807, 2.05) is 0 Å². The molecule has 0 aliphatic carbocycles. The Morgan fingerprint density at radius 2 is 2.31 bits per heavy atom. The molecular weight excluding hydrogens is 208 g/mol. The maximum atomic E-state index is 11.5. The normalized spacial score (nSPS) is 31.1. The number of likely N-dealkylation sites (N-methyl/N-ethyl adjacent to an activating group) is 1. The summed E-state index contributed by atoms with van der Waals surface area (Å²) in [6.45, 7) is 5.30. The van der Waals surface area contributed by atoms with Gasteiger partial charge in [-0.1, -0.05) is 6.92 Å². The standard InChI is InChI=1S/C11H20N2O3/c1-2-12-5-3-4-9(12)6-13-10(7-14)8-16-11(13)15/h9-10,14H,2-8H2,1H3. The molecule has 2 unspecified atom stereocenters. The van der Waals surface area contributed by atoms with Crippen molar-refractivity contribution in [2.24, 2.45) is 0 Å². The average Bonchev–Trinajstić information content (AvgIpc) is 2.87. The van der Waals surface area contributed by atoms with E-state index >= 15 is 0 Å². The van der Waals surface area contributed by atoms with Crippen LogP contribution in [0.2, 0.25) is 0 Å². The number of amides is 1. The van der Waals surface area contributed by atoms with Gasteiger partial charge in [-0.25, -0.2) is 4.79 Å². The molecule has 2 aliphatic heterocycles. The number of ether oxygens (including phenoxy) is 1. The molecule has 5 nitrogen and oxygen atoms in total. The molecule has 0 spiro atoms. The minimum Gasteiger partial charge on any atom is -0.447 e. The second kappa shape index (κ2) is 5.01. The molecule has 2 aliphatic rings. The van der Waals surface area contributed by atoms with Crippen LogP contribution in [-0.4, -0.2) is 65.9 Å². The first kappa shape index (κ1) is 11.7. The number of rotatable bonds is 4. The molecule has 0 aromatic rings. The minimum absolute atomic E-state index is 0.00934. The number of likely N-dealkylation sites (tertiary alicyclic amines) is 1. The van der Waals surface area contributed by atoms with E-state index < -0.39 is 0 Å². The molecule has 2 fully saturated rings. The first-order chi connectivity index (χ1) is 7.76. The van der Waals surface area contributed by atoms with Gasteiger partial charge in [0, 0.05) is 12.6 Å². The first-order valence-corrected chi connectivity index (χ1v) is 6.04. The van der Waals surface area contributed by atoms with E-state index in [-0.39, 0.29) is 18.7 Å². The van der Waals surface area contributed by atoms with E-state index in [0.29, 0.717) is 19.2 Å². The Kier molecular flexibility index (Phi) is 3.66. The van der Waals surface area contributed by atoms with Crippen LogP contribution in [0.4, 0.5) is 4.79 Å². The molecule has 16 heavy (non-hydrogen) atoms. The van der Waals surface area contributed by atoms with E-state index in [0.717, 1.165) is 19.5 Å². The van der Waals surface area contributed by atoms with Gasteiger partial charge in [0.15, 0.2) is 0 Å². The summed E-state index contributed by atoms with van der Waals surface area (Å²) < 4.78 is 4.96. The zero-order chi connectivity index (χ0) is 11.5. The molecule has 2 heterocycles. The third-order valence-corrected chi connectivity index (χ3v) is 3.60. The molecule has 0 radical (unpaired) electrons. The fourth-order valence-corrected chi connectivity index (χ4v) is 2.61. The second-order valence-electron chi connectivity index (χ2n) is 4.49. The van der Waals surface area contributed by atoms with Gasteiger partial charge in [0.25, 0.3) is 0 Å². The Hall–Kier alpha value is -0.810. The molecule has 1 amide bonds. The molecule has 2 rings (SSSR count). The highest BCUT2D eigenvalue weighted by molar-refractivity contribution is 5.70. The summed E-state index contributed by atoms with van der Waals surface area (Å²) in [5.74, 6) is 0. The highest BCUT2D eigenvalue weighted by Crippen LogP contribution is 2.21. The lowest BCUT2D eigenvalue weighted by Crippen LogP contribution is -2.45. The number of aliphatic hydroxyl groups excluding tert-OH is 1. The molecule has 92 valence electrons. The van der Waals surface area contributed by atoms with Crippen LogP contribution >= 0.6 is 0 Å². The van der Waals surface area contributed by atoms with Crippen LogP contribution < -0.4 is 0 Å². The zero-order valence-electron chi connectivity index (χ0n) is 9.76. The number of hydrogen-bond donors (Lipinski definition) is 1. The van der Waals surface area contributed by atoms with Gasteiger partial charge >= 0.3 is 6.09 Å². The van der Waals surface area contributed by atoms with Gasteiger partial charge in [-0.3, -0.25) is 9.80 Å². The molecule has 0 aromatic carbocycles. The van der Waals surface area contributed by atoms with Crippen LogP contribution in [0.25, 0.3) is 0 Å². The first-order valence-electron chi connectivity index (χ1n) is 6.04. The molecule has 2 atom stereocenters. The van der Waals surface area contributed by atoms with Crippen LogP contribution in [0.3, 0.4) is 0 Å². The van der Waals surface area contributed by atoms with Gasteiger partial charge in [0.05, 0.1) is 12.6 Å². The SMILES string of the molecule is CCN1CCCC1CN1C(=O)OCC1CO. The average molecular weight is 228 g/mol. The van der Waals surface area contributed by atoms with Crippen molar-refractivity contribution in [1.29, 1.82) is 0 Å². The maximum Gasteiger partial charge on any atom is 0.410 e. The summed E-state index contributed by atoms with van der Waals surface area (Å²) in [7, 11) is 0. The predicted molar refractivity (Wildman–Crippen MR) is 59.2 cm³/mol. The van der Waals surface area contributed by atoms with E-state index in [4.69, 9.17) is 9.84 Å². The molecule has 1 N–H and O–H groups in total. The smallest absolute Gasteiger partial charge is 0.410 e. The lowest BCUT2D eigenvalue weighted by molar-refractivity contribution is 0.132. The van der Waals surface area contributed by atoms with E-state index in [2.05, 4.69) is 11.8 Å². The Balaban J connectivity index is 1.94. The Morgan fingerprint density at radius 1 is 1.50 bits per heavy atom. The summed E-state index contributed by atoms with van der Waals surface area (Å²) >= 11 is 0. The van der Waals surface area contributed by atoms with Crippen LogP contribution in [0.1, 0.15) is 19.8 Å². The summed E-state index contributed by atoms with van der Waals surface area (Å²) in [5, 5.41) is 9.16. The van der Waals surface area contributed by atoms with Crippen LogP contribution in [0.15, 0.2) is 0 Å². The molecule has 5 heteroatoms. The van der Waals surface area contributed by atoms with Crippen molar-refractivity contribution < 1.29 is 14.6 Å². The third-order valence-electron chi connectivity index (χ3n) is 3.60. The predicted octanol–water partition coefficient (Wildman–Crippen LogP) is 0.284. The molecular formula is C11H20N2O3. The van der Waals surface area contributed by atoms with Crippen molar-refractivity contribution in [2.45, 2.75) is 31.8 Å². The van der Waals surface area contributed by atoms with Crippen molar-refractivity contribution in [3.8, 4) is 0 Å². The number of cyclic esters (lactones) is 1. The quantitative estimate of drug-likeness (QED) is 0.751. The summed E-state index contributed by atoms with van der Waals surface area (Å²) in [6, 6.07) is 0.288. The monoisotopic (exact) mass is 228 g/mol. The van der Waals surface area contributed by atoms with Crippen molar-refractivity contribution in [1.82, 2.24) is 9.80 Å². The summed E-state index contributed by atoms with van der Waals surface area (Å²) in [6.07, 6.45) is 2.06. The van der Waals surface area contributed by atoms with Crippen LogP contribution in [-0.2, 0) is 4.74 Å². The van der Waals surface area contributed by atoms with E-state index in [1.54, 1.807) is 4.90 Å². The third kappa shape index (κ3) is 2.15. The molecule has 2 saturated heterocycles. The van der Waals surface area contributed by atoms with Crippen LogP contribution in [0, 0.1) is 0 Å². The molecule has 0 saturated carbocycles. The van der Waals surface area contributed by atoms with Crippen molar-refractivity contribution in [3.05, 3.63) is 0 Å². The van der Waals surface area contributed by atoms with Gasteiger partial charge in [0.2, 0.25) is 0 Å². The molecule has 0 aromatic heterocycles. The van der Waals surface area contributed by atoms with Gasteiger partial charge in [-0.2, -0.15) is 0 Å². The van der Waals surface area contributed by atoms with E-state index in [1.165, 1.54) is 6.42 Å². The fourth-order valence-electron chi connectivity index (χ4n) is 2.61. The number of hydrogen-bond acceptors (Lipinski definition) is 4. The second-order valence-corrected chi connectivity index (χ2v) is 4.49. The van der Waals surface area contributed by atoms with Gasteiger partial charge in [-0.15, -0.1) is 0 Å². The summed E-state index contributed by atoms with van der Waals surface area (Å²) in [5.41, 5.74) is 0.